The average molecular weight is 278 g/mol. The highest BCUT2D eigenvalue weighted by Gasteiger charge is 2.39. The van der Waals surface area contributed by atoms with E-state index >= 15 is 0 Å². The number of benzene rings is 1. The Hall–Kier alpha value is -1.59. The van der Waals surface area contributed by atoms with Crippen molar-refractivity contribution in [1.82, 2.24) is 4.90 Å². The molecule has 1 aliphatic heterocycles. The number of ether oxygens (including phenoxy) is 1. The lowest BCUT2D eigenvalue weighted by atomic mass is 9.95. The monoisotopic (exact) mass is 278 g/mol. The van der Waals surface area contributed by atoms with Gasteiger partial charge in [-0.1, -0.05) is 12.1 Å². The van der Waals surface area contributed by atoms with Gasteiger partial charge in [0.05, 0.1) is 5.60 Å². The van der Waals surface area contributed by atoms with Crippen LogP contribution in [0.1, 0.15) is 12.5 Å². The average Bonchev–Trinajstić information content (AvgIpc) is 2.35. The molecule has 0 amide bonds. The molecule has 110 valence electrons. The minimum atomic E-state index is -0.913. The molecule has 1 aromatic rings. The molecule has 0 spiro atoms. The highest BCUT2D eigenvalue weighted by molar-refractivity contribution is 5.68. The van der Waals surface area contributed by atoms with E-state index in [4.69, 9.17) is 9.84 Å². The first kappa shape index (κ1) is 14.8. The Morgan fingerprint density at radius 3 is 2.45 bits per heavy atom. The van der Waals surface area contributed by atoms with Gasteiger partial charge in [0.25, 0.3) is 0 Å². The first-order chi connectivity index (χ1) is 9.38. The van der Waals surface area contributed by atoms with Crippen molar-refractivity contribution in [2.75, 3.05) is 38.7 Å². The second-order valence-corrected chi connectivity index (χ2v) is 5.84. The zero-order valence-corrected chi connectivity index (χ0v) is 12.3. The van der Waals surface area contributed by atoms with Crippen LogP contribution in [0.3, 0.4) is 0 Å². The van der Waals surface area contributed by atoms with E-state index in [2.05, 4.69) is 34.1 Å². The summed E-state index contributed by atoms with van der Waals surface area (Å²) in [5.74, 6) is -0.913. The predicted molar refractivity (Wildman–Crippen MR) is 78.0 cm³/mol. The third-order valence-electron chi connectivity index (χ3n) is 3.52. The number of rotatable bonds is 6. The smallest absolute Gasteiger partial charge is 0.329 e. The van der Waals surface area contributed by atoms with Gasteiger partial charge in [0.2, 0.25) is 0 Å². The summed E-state index contributed by atoms with van der Waals surface area (Å²) in [5, 5.41) is 8.63. The van der Waals surface area contributed by atoms with Crippen LogP contribution in [0.25, 0.3) is 0 Å². The van der Waals surface area contributed by atoms with Gasteiger partial charge in [0.15, 0.2) is 0 Å². The van der Waals surface area contributed by atoms with Gasteiger partial charge in [-0.25, -0.2) is 4.79 Å². The molecule has 0 atom stereocenters. The number of aliphatic carboxylic acids is 1. The molecular weight excluding hydrogens is 256 g/mol. The maximum Gasteiger partial charge on any atom is 0.329 e. The van der Waals surface area contributed by atoms with E-state index in [0.29, 0.717) is 0 Å². The quantitative estimate of drug-likeness (QED) is 0.853. The largest absolute Gasteiger partial charge is 0.480 e. The Bertz CT molecular complexity index is 465. The van der Waals surface area contributed by atoms with Crippen molar-refractivity contribution in [3.8, 4) is 0 Å². The number of carbonyl (C=O) groups is 1. The number of hydrogen-bond donors (Lipinski definition) is 1. The SMILES string of the molecule is CN(C)c1ccc(CN2CC(C)(OCC(=O)O)C2)cc1. The fourth-order valence-corrected chi connectivity index (χ4v) is 2.50. The van der Waals surface area contributed by atoms with Gasteiger partial charge < -0.3 is 14.7 Å². The van der Waals surface area contributed by atoms with Crippen molar-refractivity contribution < 1.29 is 14.6 Å². The van der Waals surface area contributed by atoms with Crippen LogP contribution in [0, 0.1) is 0 Å². The standard InChI is InChI=1S/C15H22N2O3/c1-15(20-9-14(18)19)10-17(11-15)8-12-4-6-13(7-5-12)16(2)3/h4-7H,8-11H2,1-3H3,(H,18,19). The van der Waals surface area contributed by atoms with Gasteiger partial charge in [0, 0.05) is 39.4 Å². The Morgan fingerprint density at radius 1 is 1.35 bits per heavy atom. The summed E-state index contributed by atoms with van der Waals surface area (Å²) < 4.78 is 5.40. The predicted octanol–water partition coefficient (Wildman–Crippen LogP) is 1.43. The van der Waals surface area contributed by atoms with Crippen molar-refractivity contribution in [3.63, 3.8) is 0 Å². The van der Waals surface area contributed by atoms with Crippen LogP contribution in [0.15, 0.2) is 24.3 Å². The molecule has 1 N–H and O–H groups in total. The summed E-state index contributed by atoms with van der Waals surface area (Å²) in [6.45, 7) is 4.16. The van der Waals surface area contributed by atoms with Crippen molar-refractivity contribution >= 4 is 11.7 Å². The van der Waals surface area contributed by atoms with E-state index in [1.165, 1.54) is 11.3 Å². The summed E-state index contributed by atoms with van der Waals surface area (Å²) in [5.41, 5.74) is 2.13. The van der Waals surface area contributed by atoms with Crippen LogP contribution in [0.4, 0.5) is 5.69 Å². The number of likely N-dealkylation sites (tertiary alicyclic amines) is 1. The molecule has 5 heteroatoms. The van der Waals surface area contributed by atoms with Crippen molar-refractivity contribution in [3.05, 3.63) is 29.8 Å². The number of carboxylic acids is 1. The molecule has 1 aliphatic rings. The van der Waals surface area contributed by atoms with E-state index in [0.717, 1.165) is 19.6 Å². The Morgan fingerprint density at radius 2 is 1.95 bits per heavy atom. The Kier molecular flexibility index (Phi) is 4.30. The Balaban J connectivity index is 1.80. The molecule has 1 aromatic carbocycles. The van der Waals surface area contributed by atoms with Crippen LogP contribution >= 0.6 is 0 Å². The summed E-state index contributed by atoms with van der Waals surface area (Å²) in [6.07, 6.45) is 0. The number of hydrogen-bond acceptors (Lipinski definition) is 4. The van der Waals surface area contributed by atoms with Crippen LogP contribution in [-0.4, -0.2) is 55.4 Å². The lowest BCUT2D eigenvalue weighted by Gasteiger charge is -2.47. The van der Waals surface area contributed by atoms with Gasteiger partial charge >= 0.3 is 5.97 Å². The second kappa shape index (κ2) is 5.81. The van der Waals surface area contributed by atoms with Crippen molar-refractivity contribution in [1.29, 1.82) is 0 Å². The number of nitrogens with zero attached hydrogens (tertiary/aromatic N) is 2. The minimum Gasteiger partial charge on any atom is -0.480 e. The molecule has 1 heterocycles. The van der Waals surface area contributed by atoms with Crippen LogP contribution in [-0.2, 0) is 16.1 Å². The van der Waals surface area contributed by atoms with Crippen LogP contribution < -0.4 is 4.90 Å². The maximum atomic E-state index is 10.5. The zero-order chi connectivity index (χ0) is 14.8. The first-order valence-electron chi connectivity index (χ1n) is 6.72. The third-order valence-corrected chi connectivity index (χ3v) is 3.52. The summed E-state index contributed by atoms with van der Waals surface area (Å²) in [7, 11) is 4.05. The van der Waals surface area contributed by atoms with E-state index in [9.17, 15) is 4.79 Å². The molecule has 5 nitrogen and oxygen atoms in total. The van der Waals surface area contributed by atoms with Crippen molar-refractivity contribution in [2.45, 2.75) is 19.1 Å². The van der Waals surface area contributed by atoms with Gasteiger partial charge in [0.1, 0.15) is 6.61 Å². The highest BCUT2D eigenvalue weighted by Crippen LogP contribution is 2.26. The first-order valence-corrected chi connectivity index (χ1v) is 6.72. The van der Waals surface area contributed by atoms with E-state index in [-0.39, 0.29) is 12.2 Å². The molecule has 0 saturated carbocycles. The molecule has 0 aromatic heterocycles. The zero-order valence-electron chi connectivity index (χ0n) is 12.3. The normalized spacial score (nSPS) is 17.6. The molecule has 0 bridgehead atoms. The molecule has 2 rings (SSSR count). The van der Waals surface area contributed by atoms with E-state index in [1.807, 2.05) is 21.0 Å². The summed E-state index contributed by atoms with van der Waals surface area (Å²) >= 11 is 0. The molecule has 0 aliphatic carbocycles. The van der Waals surface area contributed by atoms with E-state index < -0.39 is 5.97 Å². The maximum absolute atomic E-state index is 10.5. The van der Waals surface area contributed by atoms with Gasteiger partial charge in [-0.3, -0.25) is 4.90 Å². The van der Waals surface area contributed by atoms with Gasteiger partial charge in [-0.2, -0.15) is 0 Å². The van der Waals surface area contributed by atoms with Crippen LogP contribution in [0.5, 0.6) is 0 Å². The molecular formula is C15H22N2O3. The Labute approximate surface area is 119 Å². The van der Waals surface area contributed by atoms with Crippen molar-refractivity contribution in [2.24, 2.45) is 0 Å². The number of carboxylic acid groups (broad SMARTS) is 1. The molecule has 1 saturated heterocycles. The number of anilines is 1. The van der Waals surface area contributed by atoms with Gasteiger partial charge in [-0.15, -0.1) is 0 Å². The summed E-state index contributed by atoms with van der Waals surface area (Å²) in [6, 6.07) is 8.47. The fraction of sp³-hybridized carbons (Fsp3) is 0.533. The topological polar surface area (TPSA) is 53.0 Å². The third kappa shape index (κ3) is 3.71. The fourth-order valence-electron chi connectivity index (χ4n) is 2.50. The molecule has 0 unspecified atom stereocenters. The summed E-state index contributed by atoms with van der Waals surface area (Å²) in [4.78, 5) is 14.8. The van der Waals surface area contributed by atoms with Gasteiger partial charge in [-0.05, 0) is 24.6 Å². The minimum absolute atomic E-state index is 0.220. The molecule has 20 heavy (non-hydrogen) atoms. The van der Waals surface area contributed by atoms with Crippen LogP contribution in [0.2, 0.25) is 0 Å². The second-order valence-electron chi connectivity index (χ2n) is 5.84. The molecule has 0 radical (unpaired) electrons. The van der Waals surface area contributed by atoms with E-state index in [1.54, 1.807) is 0 Å². The molecule has 1 fully saturated rings. The highest BCUT2D eigenvalue weighted by atomic mass is 16.5. The lowest BCUT2D eigenvalue weighted by Crippen LogP contribution is -2.61. The lowest BCUT2D eigenvalue weighted by molar-refractivity contribution is -0.165.